The Morgan fingerprint density at radius 1 is 1.29 bits per heavy atom. The van der Waals surface area contributed by atoms with Crippen LogP contribution in [0.25, 0.3) is 11.2 Å². The van der Waals surface area contributed by atoms with Gasteiger partial charge in [0.15, 0.2) is 11.2 Å². The lowest BCUT2D eigenvalue weighted by Gasteiger charge is -2.11. The molecule has 0 radical (unpaired) electrons. The normalized spacial score (nSPS) is 13.0. The van der Waals surface area contributed by atoms with Crippen molar-refractivity contribution in [3.05, 3.63) is 12.2 Å². The Hall–Kier alpha value is -1.40. The molecule has 0 amide bonds. The molecule has 2 aromatic heterocycles. The van der Waals surface area contributed by atoms with Gasteiger partial charge in [-0.1, -0.05) is 13.8 Å². The molecule has 0 aliphatic carbocycles. The summed E-state index contributed by atoms with van der Waals surface area (Å²) in [6, 6.07) is 0. The SMILES string of the molecule is COc1ncnc2c1nc(C(C)Cl)n2CCOCC(C)C. The van der Waals surface area contributed by atoms with Crippen LogP contribution in [0, 0.1) is 5.92 Å². The molecule has 0 bridgehead atoms. The Labute approximate surface area is 129 Å². The molecule has 0 fully saturated rings. The summed E-state index contributed by atoms with van der Waals surface area (Å²) < 4.78 is 12.8. The van der Waals surface area contributed by atoms with Gasteiger partial charge in [-0.05, 0) is 12.8 Å². The Balaban J connectivity index is 2.29. The van der Waals surface area contributed by atoms with Crippen LogP contribution >= 0.6 is 11.6 Å². The van der Waals surface area contributed by atoms with E-state index in [0.29, 0.717) is 30.5 Å². The third-order valence-electron chi connectivity index (χ3n) is 2.99. The van der Waals surface area contributed by atoms with E-state index in [4.69, 9.17) is 21.1 Å². The highest BCUT2D eigenvalue weighted by molar-refractivity contribution is 6.20. The number of fused-ring (bicyclic) bond motifs is 1. The second kappa shape index (κ2) is 7.04. The fourth-order valence-corrected chi connectivity index (χ4v) is 2.25. The topological polar surface area (TPSA) is 62.1 Å². The van der Waals surface area contributed by atoms with Crippen molar-refractivity contribution in [2.45, 2.75) is 32.7 Å². The number of methoxy groups -OCH3 is 1. The number of halogens is 1. The minimum atomic E-state index is -0.228. The van der Waals surface area contributed by atoms with Crippen LogP contribution in [0.15, 0.2) is 6.33 Å². The zero-order chi connectivity index (χ0) is 15.4. The van der Waals surface area contributed by atoms with Crippen LogP contribution in [0.4, 0.5) is 0 Å². The van der Waals surface area contributed by atoms with Gasteiger partial charge in [-0.15, -0.1) is 11.6 Å². The molecule has 6 nitrogen and oxygen atoms in total. The van der Waals surface area contributed by atoms with E-state index in [-0.39, 0.29) is 5.38 Å². The molecule has 0 saturated carbocycles. The molecule has 1 atom stereocenters. The summed E-state index contributed by atoms with van der Waals surface area (Å²) in [4.78, 5) is 12.9. The van der Waals surface area contributed by atoms with Gasteiger partial charge in [0.05, 0.1) is 19.1 Å². The number of aromatic nitrogens is 4. The highest BCUT2D eigenvalue weighted by Crippen LogP contribution is 2.27. The van der Waals surface area contributed by atoms with Crippen LogP contribution in [0.5, 0.6) is 5.88 Å². The first-order chi connectivity index (χ1) is 10.0. The van der Waals surface area contributed by atoms with Gasteiger partial charge in [0.1, 0.15) is 12.2 Å². The van der Waals surface area contributed by atoms with E-state index in [1.54, 1.807) is 7.11 Å². The van der Waals surface area contributed by atoms with Gasteiger partial charge in [-0.2, -0.15) is 4.98 Å². The third kappa shape index (κ3) is 3.63. The van der Waals surface area contributed by atoms with E-state index in [2.05, 4.69) is 28.8 Å². The summed E-state index contributed by atoms with van der Waals surface area (Å²) in [7, 11) is 1.57. The molecule has 0 saturated heterocycles. The van der Waals surface area contributed by atoms with E-state index >= 15 is 0 Å². The van der Waals surface area contributed by atoms with Gasteiger partial charge in [-0.25, -0.2) is 9.97 Å². The van der Waals surface area contributed by atoms with Gasteiger partial charge in [0.2, 0.25) is 5.88 Å². The van der Waals surface area contributed by atoms with E-state index in [0.717, 1.165) is 18.1 Å². The summed E-state index contributed by atoms with van der Waals surface area (Å²) in [6.07, 6.45) is 1.47. The Kier molecular flexibility index (Phi) is 5.36. The lowest BCUT2D eigenvalue weighted by molar-refractivity contribution is 0.103. The number of nitrogens with zero attached hydrogens (tertiary/aromatic N) is 4. The number of rotatable bonds is 7. The molecule has 21 heavy (non-hydrogen) atoms. The molecule has 0 aliphatic heterocycles. The molecule has 0 aliphatic rings. The van der Waals surface area contributed by atoms with Crippen LogP contribution in [-0.2, 0) is 11.3 Å². The van der Waals surface area contributed by atoms with Gasteiger partial charge < -0.3 is 14.0 Å². The maximum Gasteiger partial charge on any atom is 0.245 e. The predicted octanol–water partition coefficient (Wildman–Crippen LogP) is 2.81. The van der Waals surface area contributed by atoms with Crippen molar-refractivity contribution in [1.82, 2.24) is 19.5 Å². The Morgan fingerprint density at radius 3 is 2.67 bits per heavy atom. The third-order valence-corrected chi connectivity index (χ3v) is 3.18. The van der Waals surface area contributed by atoms with Gasteiger partial charge in [0, 0.05) is 13.2 Å². The first-order valence-electron chi connectivity index (χ1n) is 7.01. The summed E-state index contributed by atoms with van der Waals surface area (Å²) in [5.41, 5.74) is 1.35. The quantitative estimate of drug-likeness (QED) is 0.581. The molecule has 116 valence electrons. The lowest BCUT2D eigenvalue weighted by Crippen LogP contribution is -2.12. The monoisotopic (exact) mass is 312 g/mol. The Bertz CT molecular complexity index is 598. The summed E-state index contributed by atoms with van der Waals surface area (Å²) in [5, 5.41) is -0.228. The molecular weight excluding hydrogens is 292 g/mol. The number of hydrogen-bond donors (Lipinski definition) is 0. The molecule has 2 aromatic rings. The molecule has 2 rings (SSSR count). The molecule has 2 heterocycles. The summed E-state index contributed by atoms with van der Waals surface area (Å²) in [6.45, 7) is 8.10. The van der Waals surface area contributed by atoms with Gasteiger partial charge >= 0.3 is 0 Å². The van der Waals surface area contributed by atoms with Gasteiger partial charge in [-0.3, -0.25) is 0 Å². The van der Waals surface area contributed by atoms with Crippen molar-refractivity contribution < 1.29 is 9.47 Å². The van der Waals surface area contributed by atoms with Crippen molar-refractivity contribution in [3.8, 4) is 5.88 Å². The standard InChI is InChI=1S/C14H21ClN4O2/c1-9(2)7-21-6-5-19-12(10(3)15)18-11-13(19)16-8-17-14(11)20-4/h8-10H,5-7H2,1-4H3. The van der Waals surface area contributed by atoms with E-state index in [1.165, 1.54) is 6.33 Å². The van der Waals surface area contributed by atoms with Crippen LogP contribution in [-0.4, -0.2) is 39.8 Å². The number of ether oxygens (including phenoxy) is 2. The van der Waals surface area contributed by atoms with Crippen molar-refractivity contribution in [1.29, 1.82) is 0 Å². The first kappa shape index (κ1) is 16.0. The van der Waals surface area contributed by atoms with E-state index < -0.39 is 0 Å². The van der Waals surface area contributed by atoms with Crippen LogP contribution < -0.4 is 4.74 Å². The van der Waals surface area contributed by atoms with E-state index in [9.17, 15) is 0 Å². The fraction of sp³-hybridized carbons (Fsp3) is 0.643. The van der Waals surface area contributed by atoms with Crippen molar-refractivity contribution in [2.24, 2.45) is 5.92 Å². The highest BCUT2D eigenvalue weighted by atomic mass is 35.5. The molecule has 0 spiro atoms. The van der Waals surface area contributed by atoms with Crippen molar-refractivity contribution in [3.63, 3.8) is 0 Å². The van der Waals surface area contributed by atoms with Crippen LogP contribution in [0.2, 0.25) is 0 Å². The van der Waals surface area contributed by atoms with Gasteiger partial charge in [0.25, 0.3) is 0 Å². The lowest BCUT2D eigenvalue weighted by atomic mass is 10.2. The largest absolute Gasteiger partial charge is 0.479 e. The first-order valence-corrected chi connectivity index (χ1v) is 7.45. The molecular formula is C14H21ClN4O2. The minimum Gasteiger partial charge on any atom is -0.479 e. The number of hydrogen-bond acceptors (Lipinski definition) is 5. The zero-order valence-corrected chi connectivity index (χ0v) is 13.6. The minimum absolute atomic E-state index is 0.228. The molecule has 0 N–H and O–H groups in total. The molecule has 7 heteroatoms. The van der Waals surface area contributed by atoms with E-state index in [1.807, 2.05) is 11.5 Å². The maximum atomic E-state index is 6.23. The second-order valence-corrected chi connectivity index (χ2v) is 5.92. The average molecular weight is 313 g/mol. The fourth-order valence-electron chi connectivity index (χ4n) is 2.08. The number of alkyl halides is 1. The Morgan fingerprint density at radius 2 is 2.05 bits per heavy atom. The predicted molar refractivity (Wildman–Crippen MR) is 81.8 cm³/mol. The zero-order valence-electron chi connectivity index (χ0n) is 12.8. The highest BCUT2D eigenvalue weighted by Gasteiger charge is 2.19. The average Bonchev–Trinajstić information content (AvgIpc) is 2.82. The second-order valence-electron chi connectivity index (χ2n) is 5.26. The van der Waals surface area contributed by atoms with Crippen LogP contribution in [0.3, 0.4) is 0 Å². The molecule has 0 aromatic carbocycles. The number of imidazole rings is 1. The smallest absolute Gasteiger partial charge is 0.245 e. The summed E-state index contributed by atoms with van der Waals surface area (Å²) >= 11 is 6.23. The summed E-state index contributed by atoms with van der Waals surface area (Å²) in [5.74, 6) is 1.72. The van der Waals surface area contributed by atoms with Crippen molar-refractivity contribution in [2.75, 3.05) is 20.3 Å². The maximum absolute atomic E-state index is 6.23. The van der Waals surface area contributed by atoms with Crippen LogP contribution in [0.1, 0.15) is 32.0 Å². The van der Waals surface area contributed by atoms with Crippen molar-refractivity contribution >= 4 is 22.8 Å². The molecule has 1 unspecified atom stereocenters.